The van der Waals surface area contributed by atoms with Gasteiger partial charge in [0.2, 0.25) is 0 Å². The Morgan fingerprint density at radius 3 is 2.33 bits per heavy atom. The van der Waals surface area contributed by atoms with E-state index in [2.05, 4.69) is 0 Å². The lowest BCUT2D eigenvalue weighted by Crippen LogP contribution is -2.56. The maximum absolute atomic E-state index is 12.6. The summed E-state index contributed by atoms with van der Waals surface area (Å²) in [6, 6.07) is 1.55. The minimum atomic E-state index is -1.12. The van der Waals surface area contributed by atoms with E-state index in [4.69, 9.17) is 0 Å². The van der Waals surface area contributed by atoms with Crippen LogP contribution in [-0.4, -0.2) is 40.3 Å². The molecule has 0 aromatic carbocycles. The van der Waals surface area contributed by atoms with Crippen molar-refractivity contribution >= 4 is 29.0 Å². The van der Waals surface area contributed by atoms with Crippen molar-refractivity contribution in [3.63, 3.8) is 0 Å². The first-order valence-electron chi connectivity index (χ1n) is 6.99. The summed E-state index contributed by atoms with van der Waals surface area (Å²) in [4.78, 5) is 37.3. The topological polar surface area (TPSA) is 74.7 Å². The number of thiophene rings is 1. The number of carbonyl (C=O) groups excluding carboxylic acids is 2. The van der Waals surface area contributed by atoms with E-state index in [0.29, 0.717) is 23.3 Å². The van der Waals surface area contributed by atoms with Crippen LogP contribution in [0.15, 0.2) is 11.4 Å². The molecule has 1 N–H and O–H groups in total. The predicted molar refractivity (Wildman–Crippen MR) is 79.9 cm³/mol. The summed E-state index contributed by atoms with van der Waals surface area (Å²) in [6.07, 6.45) is 3.59. The molecule has 1 aromatic heterocycles. The second-order valence-electron chi connectivity index (χ2n) is 5.52. The predicted octanol–water partition coefficient (Wildman–Crippen LogP) is 2.81. The molecule has 0 bridgehead atoms. The normalized spacial score (nSPS) is 17.2. The van der Waals surface area contributed by atoms with Crippen LogP contribution in [0.2, 0.25) is 0 Å². The van der Waals surface area contributed by atoms with Gasteiger partial charge in [-0.25, -0.2) is 4.79 Å². The van der Waals surface area contributed by atoms with E-state index in [1.165, 1.54) is 23.2 Å². The van der Waals surface area contributed by atoms with Crippen LogP contribution in [0.5, 0.6) is 0 Å². The monoisotopic (exact) mass is 309 g/mol. The lowest BCUT2D eigenvalue weighted by Gasteiger charge is -2.40. The lowest BCUT2D eigenvalue weighted by molar-refractivity contribution is -0.151. The molecule has 114 valence electrons. The Morgan fingerprint density at radius 1 is 1.24 bits per heavy atom. The van der Waals surface area contributed by atoms with Gasteiger partial charge >= 0.3 is 5.97 Å². The Labute approximate surface area is 127 Å². The number of likely N-dealkylation sites (N-methyl/N-ethyl adjacent to an activating group) is 1. The van der Waals surface area contributed by atoms with Gasteiger partial charge in [-0.05, 0) is 25.8 Å². The number of Topliss-reactive ketones (excluding diaryl/α,β-unsaturated/α-hetero) is 1. The molecule has 1 aromatic rings. The number of hydrogen-bond donors (Lipinski definition) is 1. The quantitative estimate of drug-likeness (QED) is 0.868. The SMILES string of the molecule is CC(=O)c1csc(C(=O)N(C)C2(C(=O)O)CCCCC2)c1. The fourth-order valence-electron chi connectivity index (χ4n) is 2.82. The van der Waals surface area contributed by atoms with Gasteiger partial charge < -0.3 is 10.0 Å². The average molecular weight is 309 g/mol. The third kappa shape index (κ3) is 2.85. The van der Waals surface area contributed by atoms with Gasteiger partial charge in [0.25, 0.3) is 5.91 Å². The molecule has 1 aliphatic rings. The summed E-state index contributed by atoms with van der Waals surface area (Å²) in [5, 5.41) is 11.2. The minimum absolute atomic E-state index is 0.0985. The van der Waals surface area contributed by atoms with Crippen molar-refractivity contribution in [1.82, 2.24) is 4.90 Å². The summed E-state index contributed by atoms with van der Waals surface area (Å²) in [5.74, 6) is -1.36. The Balaban J connectivity index is 2.27. The van der Waals surface area contributed by atoms with E-state index in [-0.39, 0.29) is 11.7 Å². The lowest BCUT2D eigenvalue weighted by atomic mass is 9.80. The van der Waals surface area contributed by atoms with Gasteiger partial charge in [0.1, 0.15) is 5.54 Å². The van der Waals surface area contributed by atoms with Crippen LogP contribution in [0.3, 0.4) is 0 Å². The van der Waals surface area contributed by atoms with Gasteiger partial charge in [-0.1, -0.05) is 19.3 Å². The maximum Gasteiger partial charge on any atom is 0.329 e. The van der Waals surface area contributed by atoms with E-state index < -0.39 is 11.5 Å². The molecule has 21 heavy (non-hydrogen) atoms. The van der Waals surface area contributed by atoms with E-state index >= 15 is 0 Å². The van der Waals surface area contributed by atoms with Gasteiger partial charge in [-0.15, -0.1) is 11.3 Å². The number of nitrogens with zero attached hydrogens (tertiary/aromatic N) is 1. The molecule has 0 spiro atoms. The molecule has 1 aliphatic carbocycles. The number of carboxylic acid groups (broad SMARTS) is 1. The van der Waals surface area contributed by atoms with Crippen LogP contribution < -0.4 is 0 Å². The number of aliphatic carboxylic acids is 1. The minimum Gasteiger partial charge on any atom is -0.479 e. The highest BCUT2D eigenvalue weighted by molar-refractivity contribution is 7.12. The summed E-state index contributed by atoms with van der Waals surface area (Å²) < 4.78 is 0. The molecule has 0 radical (unpaired) electrons. The van der Waals surface area contributed by atoms with E-state index in [9.17, 15) is 19.5 Å². The molecule has 0 aliphatic heterocycles. The molecule has 1 heterocycles. The van der Waals surface area contributed by atoms with Crippen LogP contribution in [0.25, 0.3) is 0 Å². The molecule has 6 heteroatoms. The fraction of sp³-hybridized carbons (Fsp3) is 0.533. The molecule has 1 saturated carbocycles. The molecule has 0 atom stereocenters. The zero-order valence-electron chi connectivity index (χ0n) is 12.2. The molecule has 0 saturated heterocycles. The van der Waals surface area contributed by atoms with Crippen LogP contribution in [0.1, 0.15) is 59.1 Å². The summed E-state index contributed by atoms with van der Waals surface area (Å²) >= 11 is 1.18. The third-order valence-corrected chi connectivity index (χ3v) is 5.16. The van der Waals surface area contributed by atoms with Crippen LogP contribution in [-0.2, 0) is 4.79 Å². The van der Waals surface area contributed by atoms with Gasteiger partial charge in [-0.2, -0.15) is 0 Å². The summed E-state index contributed by atoms with van der Waals surface area (Å²) in [7, 11) is 1.55. The Kier molecular flexibility index (Phi) is 4.46. The zero-order chi connectivity index (χ0) is 15.6. The number of ketones is 1. The largest absolute Gasteiger partial charge is 0.479 e. The summed E-state index contributed by atoms with van der Waals surface area (Å²) in [5.41, 5.74) is -0.625. The van der Waals surface area contributed by atoms with Gasteiger partial charge in [-0.3, -0.25) is 9.59 Å². The second kappa shape index (κ2) is 5.97. The molecular weight excluding hydrogens is 290 g/mol. The highest BCUT2D eigenvalue weighted by Crippen LogP contribution is 2.34. The first-order chi connectivity index (χ1) is 9.88. The van der Waals surface area contributed by atoms with Crippen molar-refractivity contribution in [3.8, 4) is 0 Å². The number of carbonyl (C=O) groups is 3. The Bertz CT molecular complexity index is 572. The van der Waals surface area contributed by atoms with Crippen molar-refractivity contribution in [2.75, 3.05) is 7.05 Å². The molecule has 1 amide bonds. The van der Waals surface area contributed by atoms with E-state index in [1.54, 1.807) is 18.5 Å². The molecule has 0 unspecified atom stereocenters. The molecule has 5 nitrogen and oxygen atoms in total. The van der Waals surface area contributed by atoms with Crippen molar-refractivity contribution < 1.29 is 19.5 Å². The Hall–Kier alpha value is -1.69. The maximum atomic E-state index is 12.6. The van der Waals surface area contributed by atoms with Crippen molar-refractivity contribution in [2.45, 2.75) is 44.6 Å². The van der Waals surface area contributed by atoms with Crippen LogP contribution >= 0.6 is 11.3 Å². The van der Waals surface area contributed by atoms with Crippen LogP contribution in [0.4, 0.5) is 0 Å². The average Bonchev–Trinajstić information content (AvgIpc) is 2.96. The van der Waals surface area contributed by atoms with Crippen LogP contribution in [0, 0.1) is 0 Å². The zero-order valence-corrected chi connectivity index (χ0v) is 13.0. The first-order valence-corrected chi connectivity index (χ1v) is 7.87. The number of hydrogen-bond acceptors (Lipinski definition) is 4. The molecule has 1 fully saturated rings. The third-order valence-electron chi connectivity index (χ3n) is 4.24. The smallest absolute Gasteiger partial charge is 0.329 e. The number of amides is 1. The summed E-state index contributed by atoms with van der Waals surface area (Å²) in [6.45, 7) is 1.44. The highest BCUT2D eigenvalue weighted by Gasteiger charge is 2.45. The van der Waals surface area contributed by atoms with E-state index in [1.807, 2.05) is 0 Å². The van der Waals surface area contributed by atoms with Crippen molar-refractivity contribution in [3.05, 3.63) is 21.9 Å². The number of rotatable bonds is 4. The second-order valence-corrected chi connectivity index (χ2v) is 6.43. The van der Waals surface area contributed by atoms with Crippen molar-refractivity contribution in [1.29, 1.82) is 0 Å². The standard InChI is InChI=1S/C15H19NO4S/c1-10(17)11-8-12(21-9-11)13(18)16(2)15(14(19)20)6-4-3-5-7-15/h8-9H,3-7H2,1-2H3,(H,19,20). The van der Waals surface area contributed by atoms with E-state index in [0.717, 1.165) is 19.3 Å². The van der Waals surface area contributed by atoms with Gasteiger partial charge in [0.05, 0.1) is 4.88 Å². The molecule has 2 rings (SSSR count). The van der Waals surface area contributed by atoms with Gasteiger partial charge in [0.15, 0.2) is 5.78 Å². The van der Waals surface area contributed by atoms with Gasteiger partial charge in [0, 0.05) is 18.0 Å². The molecular formula is C15H19NO4S. The fourth-order valence-corrected chi connectivity index (χ4v) is 3.74. The highest BCUT2D eigenvalue weighted by atomic mass is 32.1. The number of carboxylic acids is 1. The Morgan fingerprint density at radius 2 is 1.86 bits per heavy atom. The first kappa shape index (κ1) is 15.7. The van der Waals surface area contributed by atoms with Crippen molar-refractivity contribution in [2.24, 2.45) is 0 Å².